The highest BCUT2D eigenvalue weighted by molar-refractivity contribution is 9.11. The maximum atomic E-state index is 3.80. The molecule has 0 nitrogen and oxygen atoms in total. The average Bonchev–Trinajstić information content (AvgIpc) is 2.33. The van der Waals surface area contributed by atoms with Gasteiger partial charge in [0.25, 0.3) is 0 Å². The van der Waals surface area contributed by atoms with Crippen molar-refractivity contribution in [2.75, 3.05) is 0 Å². The van der Waals surface area contributed by atoms with Crippen molar-refractivity contribution < 1.29 is 0 Å². The van der Waals surface area contributed by atoms with E-state index in [0.717, 1.165) is 15.4 Å². The summed E-state index contributed by atoms with van der Waals surface area (Å²) >= 11 is 10.9. The molecule has 19 heavy (non-hydrogen) atoms. The summed E-state index contributed by atoms with van der Waals surface area (Å²) in [4.78, 5) is 0.317. The molecule has 2 aromatic rings. The van der Waals surface area contributed by atoms with Crippen LogP contribution < -0.4 is 0 Å². The largest absolute Gasteiger partial charge is 0.0835 e. The summed E-state index contributed by atoms with van der Waals surface area (Å²) in [5.41, 5.74) is 5.34. The Hall–Kier alpha value is -0.120. The van der Waals surface area contributed by atoms with E-state index < -0.39 is 0 Å². The highest BCUT2D eigenvalue weighted by atomic mass is 79.9. The third-order valence-electron chi connectivity index (χ3n) is 3.29. The van der Waals surface area contributed by atoms with Crippen molar-refractivity contribution in [2.45, 2.75) is 25.1 Å². The molecule has 0 heterocycles. The fourth-order valence-electron chi connectivity index (χ4n) is 2.00. The standard InChI is InChI=1S/C16H15Br3/c1-10-3-4-12(7-11(10)2)8-15(18)14-6-5-13(17)9-16(14)19/h3-7,9,15H,8H2,1-2H3. The van der Waals surface area contributed by atoms with Gasteiger partial charge in [0.15, 0.2) is 0 Å². The van der Waals surface area contributed by atoms with Crippen LogP contribution in [0.4, 0.5) is 0 Å². The van der Waals surface area contributed by atoms with Gasteiger partial charge in [-0.05, 0) is 54.7 Å². The minimum Gasteiger partial charge on any atom is -0.0835 e. The molecule has 1 unspecified atom stereocenters. The van der Waals surface area contributed by atoms with E-state index in [1.165, 1.54) is 22.3 Å². The van der Waals surface area contributed by atoms with Gasteiger partial charge in [-0.15, -0.1) is 0 Å². The van der Waals surface area contributed by atoms with Crippen molar-refractivity contribution in [1.82, 2.24) is 0 Å². The van der Waals surface area contributed by atoms with Crippen LogP contribution in [0.25, 0.3) is 0 Å². The fourth-order valence-corrected chi connectivity index (χ4v) is 4.41. The van der Waals surface area contributed by atoms with Gasteiger partial charge in [-0.1, -0.05) is 72.1 Å². The normalized spacial score (nSPS) is 12.5. The molecule has 1 atom stereocenters. The molecule has 0 aliphatic heterocycles. The van der Waals surface area contributed by atoms with Crippen LogP contribution in [-0.2, 0) is 6.42 Å². The van der Waals surface area contributed by atoms with E-state index in [2.05, 4.69) is 98.0 Å². The number of benzene rings is 2. The van der Waals surface area contributed by atoms with Gasteiger partial charge in [0.1, 0.15) is 0 Å². The van der Waals surface area contributed by atoms with Crippen LogP contribution in [0.3, 0.4) is 0 Å². The van der Waals surface area contributed by atoms with E-state index in [-0.39, 0.29) is 0 Å². The summed E-state index contributed by atoms with van der Waals surface area (Å²) in [7, 11) is 0. The molecule has 2 rings (SSSR count). The molecule has 2 aromatic carbocycles. The van der Waals surface area contributed by atoms with Gasteiger partial charge in [0.2, 0.25) is 0 Å². The van der Waals surface area contributed by atoms with Gasteiger partial charge in [-0.25, -0.2) is 0 Å². The van der Waals surface area contributed by atoms with E-state index in [0.29, 0.717) is 4.83 Å². The molecular weight excluding hydrogens is 432 g/mol. The predicted molar refractivity (Wildman–Crippen MR) is 93.1 cm³/mol. The second-order valence-corrected chi connectivity index (χ2v) is 7.63. The monoisotopic (exact) mass is 444 g/mol. The van der Waals surface area contributed by atoms with Crippen molar-refractivity contribution >= 4 is 47.8 Å². The Bertz CT molecular complexity index is 591. The molecule has 0 saturated carbocycles. The molecule has 100 valence electrons. The average molecular weight is 447 g/mol. The second-order valence-electron chi connectivity index (χ2n) is 4.76. The van der Waals surface area contributed by atoms with Crippen LogP contribution in [0.5, 0.6) is 0 Å². The van der Waals surface area contributed by atoms with Crippen molar-refractivity contribution in [2.24, 2.45) is 0 Å². The maximum Gasteiger partial charge on any atom is 0.0446 e. The lowest BCUT2D eigenvalue weighted by atomic mass is 10.0. The van der Waals surface area contributed by atoms with E-state index in [4.69, 9.17) is 0 Å². The number of aryl methyl sites for hydroxylation is 2. The summed E-state index contributed by atoms with van der Waals surface area (Å²) in [6.07, 6.45) is 0.987. The number of halogens is 3. The van der Waals surface area contributed by atoms with Gasteiger partial charge in [-0.3, -0.25) is 0 Å². The summed E-state index contributed by atoms with van der Waals surface area (Å²) in [5, 5.41) is 0. The summed E-state index contributed by atoms with van der Waals surface area (Å²) in [5.74, 6) is 0. The molecule has 0 bridgehead atoms. The third kappa shape index (κ3) is 3.93. The van der Waals surface area contributed by atoms with Gasteiger partial charge < -0.3 is 0 Å². The Morgan fingerprint density at radius 3 is 2.32 bits per heavy atom. The molecule has 0 fully saturated rings. The van der Waals surface area contributed by atoms with E-state index in [1.807, 2.05) is 0 Å². The smallest absolute Gasteiger partial charge is 0.0446 e. The van der Waals surface area contributed by atoms with Gasteiger partial charge in [0, 0.05) is 13.8 Å². The topological polar surface area (TPSA) is 0 Å². The Balaban J connectivity index is 2.20. The molecule has 0 saturated heterocycles. The number of rotatable bonds is 3. The highest BCUT2D eigenvalue weighted by Crippen LogP contribution is 2.34. The Kier molecular flexibility index (Phi) is 5.27. The Morgan fingerprint density at radius 1 is 0.947 bits per heavy atom. The lowest BCUT2D eigenvalue weighted by molar-refractivity contribution is 0.939. The van der Waals surface area contributed by atoms with Crippen LogP contribution >= 0.6 is 47.8 Å². The van der Waals surface area contributed by atoms with Gasteiger partial charge in [0.05, 0.1) is 0 Å². The zero-order valence-corrected chi connectivity index (χ0v) is 15.6. The Morgan fingerprint density at radius 2 is 1.68 bits per heavy atom. The van der Waals surface area contributed by atoms with Crippen molar-refractivity contribution in [3.63, 3.8) is 0 Å². The van der Waals surface area contributed by atoms with Crippen molar-refractivity contribution in [3.05, 3.63) is 67.6 Å². The van der Waals surface area contributed by atoms with Crippen LogP contribution in [0.1, 0.15) is 27.1 Å². The molecule has 0 spiro atoms. The number of hydrogen-bond acceptors (Lipinski definition) is 0. The van der Waals surface area contributed by atoms with Gasteiger partial charge in [-0.2, -0.15) is 0 Å². The molecule has 0 amide bonds. The third-order valence-corrected chi connectivity index (χ3v) is 5.28. The molecule has 0 N–H and O–H groups in total. The lowest BCUT2D eigenvalue weighted by Crippen LogP contribution is -1.97. The second kappa shape index (κ2) is 6.55. The number of alkyl halides is 1. The van der Waals surface area contributed by atoms with Crippen LogP contribution in [0, 0.1) is 13.8 Å². The van der Waals surface area contributed by atoms with Crippen LogP contribution in [-0.4, -0.2) is 0 Å². The minimum absolute atomic E-state index is 0.317. The first-order valence-electron chi connectivity index (χ1n) is 6.12. The van der Waals surface area contributed by atoms with Crippen LogP contribution in [0.15, 0.2) is 45.3 Å². The molecule has 3 heteroatoms. The summed E-state index contributed by atoms with van der Waals surface area (Å²) in [6.45, 7) is 4.31. The van der Waals surface area contributed by atoms with Crippen molar-refractivity contribution in [1.29, 1.82) is 0 Å². The first kappa shape index (κ1) is 15.3. The molecule has 0 aromatic heterocycles. The van der Waals surface area contributed by atoms with E-state index >= 15 is 0 Å². The zero-order chi connectivity index (χ0) is 14.0. The van der Waals surface area contributed by atoms with Crippen LogP contribution in [0.2, 0.25) is 0 Å². The molecule has 0 radical (unpaired) electrons. The molecule has 0 aliphatic rings. The Labute approximate surface area is 140 Å². The predicted octanol–water partition coefficient (Wildman–Crippen LogP) is 6.51. The molecular formula is C16H15Br3. The van der Waals surface area contributed by atoms with E-state index in [9.17, 15) is 0 Å². The quantitative estimate of drug-likeness (QED) is 0.471. The van der Waals surface area contributed by atoms with Crippen molar-refractivity contribution in [3.8, 4) is 0 Å². The SMILES string of the molecule is Cc1ccc(CC(Br)c2ccc(Br)cc2Br)cc1C. The minimum atomic E-state index is 0.317. The lowest BCUT2D eigenvalue weighted by Gasteiger charge is -2.13. The summed E-state index contributed by atoms with van der Waals surface area (Å²) < 4.78 is 2.22. The first-order chi connectivity index (χ1) is 8.97. The zero-order valence-electron chi connectivity index (χ0n) is 10.9. The number of hydrogen-bond donors (Lipinski definition) is 0. The summed E-state index contributed by atoms with van der Waals surface area (Å²) in [6, 6.07) is 13.0. The fraction of sp³-hybridized carbons (Fsp3) is 0.250. The highest BCUT2D eigenvalue weighted by Gasteiger charge is 2.12. The van der Waals surface area contributed by atoms with Gasteiger partial charge >= 0.3 is 0 Å². The first-order valence-corrected chi connectivity index (χ1v) is 8.62. The maximum absolute atomic E-state index is 3.80. The molecule has 0 aliphatic carbocycles. The van der Waals surface area contributed by atoms with E-state index in [1.54, 1.807) is 0 Å².